The fourth-order valence-electron chi connectivity index (χ4n) is 2.25. The fourth-order valence-corrected chi connectivity index (χ4v) is 2.46. The van der Waals surface area contributed by atoms with Gasteiger partial charge in [-0.05, 0) is 37.5 Å². The van der Waals surface area contributed by atoms with Crippen LogP contribution >= 0.6 is 11.6 Å². The van der Waals surface area contributed by atoms with Gasteiger partial charge in [-0.25, -0.2) is 4.79 Å². The molecule has 0 heterocycles. The molecule has 0 saturated carbocycles. The molecule has 0 aliphatic heterocycles. The largest absolute Gasteiger partial charge is 0.452 e. The lowest BCUT2D eigenvalue weighted by Crippen LogP contribution is -2.36. The average molecular weight is 346 g/mol. The number of nitrogens with one attached hydrogen (secondary N) is 1. The molecule has 0 fully saturated rings. The van der Waals surface area contributed by atoms with Crippen LogP contribution in [0.3, 0.4) is 0 Å². The number of ether oxygens (including phenoxy) is 1. The van der Waals surface area contributed by atoms with Crippen molar-refractivity contribution in [3.05, 3.63) is 70.7 Å². The Morgan fingerprint density at radius 1 is 1.08 bits per heavy atom. The van der Waals surface area contributed by atoms with Gasteiger partial charge in [-0.2, -0.15) is 0 Å². The molecule has 0 aliphatic carbocycles. The van der Waals surface area contributed by atoms with Crippen LogP contribution in [0.15, 0.2) is 54.6 Å². The van der Waals surface area contributed by atoms with Gasteiger partial charge in [0.05, 0.1) is 10.6 Å². The summed E-state index contributed by atoms with van der Waals surface area (Å²) in [6.45, 7) is 1.61. The molecule has 2 rings (SSSR count). The first-order valence-electron chi connectivity index (χ1n) is 7.81. The van der Waals surface area contributed by atoms with Gasteiger partial charge >= 0.3 is 5.97 Å². The Kier molecular flexibility index (Phi) is 6.82. The van der Waals surface area contributed by atoms with E-state index in [2.05, 4.69) is 17.4 Å². The van der Waals surface area contributed by atoms with Gasteiger partial charge in [0, 0.05) is 6.04 Å². The van der Waals surface area contributed by atoms with Crippen molar-refractivity contribution in [1.29, 1.82) is 0 Å². The predicted octanol–water partition coefficient (Wildman–Crippen LogP) is 3.63. The Balaban J connectivity index is 1.72. The molecule has 24 heavy (non-hydrogen) atoms. The predicted molar refractivity (Wildman–Crippen MR) is 94.1 cm³/mol. The maximum Gasteiger partial charge on any atom is 0.340 e. The van der Waals surface area contributed by atoms with Crippen LogP contribution in [-0.2, 0) is 16.0 Å². The molecule has 0 aliphatic rings. The number of amides is 1. The third kappa shape index (κ3) is 5.70. The molecule has 0 unspecified atom stereocenters. The summed E-state index contributed by atoms with van der Waals surface area (Å²) in [6, 6.07) is 16.6. The second kappa shape index (κ2) is 9.08. The van der Waals surface area contributed by atoms with E-state index in [1.54, 1.807) is 24.3 Å². The smallest absolute Gasteiger partial charge is 0.340 e. The van der Waals surface area contributed by atoms with E-state index in [4.69, 9.17) is 16.3 Å². The highest BCUT2D eigenvalue weighted by atomic mass is 35.5. The SMILES string of the molecule is C[C@H](CCc1ccccc1)NC(=O)COC(=O)c1ccccc1Cl. The Bertz CT molecular complexity index is 688. The minimum Gasteiger partial charge on any atom is -0.452 e. The van der Waals surface area contributed by atoms with Crippen LogP contribution < -0.4 is 5.32 Å². The van der Waals surface area contributed by atoms with Gasteiger partial charge in [0.25, 0.3) is 5.91 Å². The second-order valence-corrected chi connectivity index (χ2v) is 5.96. The van der Waals surface area contributed by atoms with Crippen LogP contribution in [0, 0.1) is 0 Å². The molecule has 1 amide bonds. The molecule has 2 aromatic carbocycles. The summed E-state index contributed by atoms with van der Waals surface area (Å²) in [7, 11) is 0. The monoisotopic (exact) mass is 345 g/mol. The highest BCUT2D eigenvalue weighted by molar-refractivity contribution is 6.33. The van der Waals surface area contributed by atoms with Crippen molar-refractivity contribution in [3.63, 3.8) is 0 Å². The van der Waals surface area contributed by atoms with Crippen LogP contribution in [-0.4, -0.2) is 24.5 Å². The summed E-state index contributed by atoms with van der Waals surface area (Å²) in [4.78, 5) is 23.7. The lowest BCUT2D eigenvalue weighted by molar-refractivity contribution is -0.124. The summed E-state index contributed by atoms with van der Waals surface area (Å²) in [5, 5.41) is 3.13. The molecule has 4 nitrogen and oxygen atoms in total. The first kappa shape index (κ1) is 18.0. The fraction of sp³-hybridized carbons (Fsp3) is 0.263. The number of carbonyl (C=O) groups excluding carboxylic acids is 2. The Labute approximate surface area is 146 Å². The van der Waals surface area contributed by atoms with Gasteiger partial charge in [0.15, 0.2) is 6.61 Å². The number of esters is 1. The Morgan fingerprint density at radius 2 is 1.75 bits per heavy atom. The summed E-state index contributed by atoms with van der Waals surface area (Å²) in [5.74, 6) is -0.927. The summed E-state index contributed by atoms with van der Waals surface area (Å²) in [5.41, 5.74) is 1.48. The van der Waals surface area contributed by atoms with Crippen molar-refractivity contribution in [2.75, 3.05) is 6.61 Å². The summed E-state index contributed by atoms with van der Waals surface area (Å²) in [6.07, 6.45) is 1.69. The average Bonchev–Trinajstić information content (AvgIpc) is 2.59. The maximum atomic E-state index is 11.9. The van der Waals surface area contributed by atoms with Gasteiger partial charge < -0.3 is 10.1 Å². The van der Waals surface area contributed by atoms with Crippen molar-refractivity contribution in [1.82, 2.24) is 5.32 Å². The van der Waals surface area contributed by atoms with E-state index in [9.17, 15) is 9.59 Å². The number of halogens is 1. The van der Waals surface area contributed by atoms with Crippen molar-refractivity contribution in [3.8, 4) is 0 Å². The minimum atomic E-state index is -0.604. The van der Waals surface area contributed by atoms with E-state index >= 15 is 0 Å². The minimum absolute atomic E-state index is 0.00304. The highest BCUT2D eigenvalue weighted by Crippen LogP contribution is 2.15. The molecular formula is C19H20ClNO3. The molecule has 0 aromatic heterocycles. The Hall–Kier alpha value is -2.33. The van der Waals surface area contributed by atoms with E-state index in [0.29, 0.717) is 5.02 Å². The molecule has 0 radical (unpaired) electrons. The lowest BCUT2D eigenvalue weighted by atomic mass is 10.1. The molecule has 126 valence electrons. The van der Waals surface area contributed by atoms with E-state index < -0.39 is 5.97 Å². The number of rotatable bonds is 7. The summed E-state index contributed by atoms with van der Waals surface area (Å²) >= 11 is 5.92. The first-order chi connectivity index (χ1) is 11.6. The third-order valence-corrected chi connectivity index (χ3v) is 3.87. The zero-order valence-electron chi connectivity index (χ0n) is 13.5. The number of hydrogen-bond acceptors (Lipinski definition) is 3. The van der Waals surface area contributed by atoms with Crippen LogP contribution in [0.2, 0.25) is 5.02 Å². The quantitative estimate of drug-likeness (QED) is 0.779. The zero-order chi connectivity index (χ0) is 17.4. The van der Waals surface area contributed by atoms with Crippen molar-refractivity contribution in [2.45, 2.75) is 25.8 Å². The van der Waals surface area contributed by atoms with Crippen molar-refractivity contribution < 1.29 is 14.3 Å². The second-order valence-electron chi connectivity index (χ2n) is 5.55. The standard InChI is InChI=1S/C19H20ClNO3/c1-14(11-12-15-7-3-2-4-8-15)21-18(22)13-24-19(23)16-9-5-6-10-17(16)20/h2-10,14H,11-13H2,1H3,(H,21,22)/t14-/m1/s1. The van der Waals surface area contributed by atoms with Crippen LogP contribution in [0.4, 0.5) is 0 Å². The normalized spacial score (nSPS) is 11.6. The molecule has 1 atom stereocenters. The van der Waals surface area contributed by atoms with Crippen LogP contribution in [0.5, 0.6) is 0 Å². The van der Waals surface area contributed by atoms with E-state index in [1.807, 2.05) is 25.1 Å². The van der Waals surface area contributed by atoms with Crippen molar-refractivity contribution >= 4 is 23.5 Å². The number of hydrogen-bond donors (Lipinski definition) is 1. The van der Waals surface area contributed by atoms with Gasteiger partial charge in [-0.1, -0.05) is 54.1 Å². The van der Waals surface area contributed by atoms with E-state index in [-0.39, 0.29) is 24.1 Å². The highest BCUT2D eigenvalue weighted by Gasteiger charge is 2.14. The summed E-state index contributed by atoms with van der Waals surface area (Å²) < 4.78 is 5.00. The molecular weight excluding hydrogens is 326 g/mol. The topological polar surface area (TPSA) is 55.4 Å². The lowest BCUT2D eigenvalue weighted by Gasteiger charge is -2.14. The van der Waals surface area contributed by atoms with Gasteiger partial charge in [0.2, 0.25) is 0 Å². The molecule has 5 heteroatoms. The van der Waals surface area contributed by atoms with E-state index in [1.165, 1.54) is 5.56 Å². The maximum absolute atomic E-state index is 11.9. The van der Waals surface area contributed by atoms with Crippen LogP contribution in [0.1, 0.15) is 29.3 Å². The van der Waals surface area contributed by atoms with Crippen LogP contribution in [0.25, 0.3) is 0 Å². The third-order valence-electron chi connectivity index (χ3n) is 3.54. The Morgan fingerprint density at radius 3 is 2.46 bits per heavy atom. The first-order valence-corrected chi connectivity index (χ1v) is 8.19. The molecule has 0 saturated heterocycles. The number of benzene rings is 2. The molecule has 0 spiro atoms. The number of aryl methyl sites for hydroxylation is 1. The molecule has 1 N–H and O–H groups in total. The zero-order valence-corrected chi connectivity index (χ0v) is 14.3. The van der Waals surface area contributed by atoms with Crippen molar-refractivity contribution in [2.24, 2.45) is 0 Å². The van der Waals surface area contributed by atoms with Gasteiger partial charge in [0.1, 0.15) is 0 Å². The van der Waals surface area contributed by atoms with Gasteiger partial charge in [-0.15, -0.1) is 0 Å². The van der Waals surface area contributed by atoms with E-state index in [0.717, 1.165) is 12.8 Å². The van der Waals surface area contributed by atoms with Gasteiger partial charge in [-0.3, -0.25) is 4.79 Å². The molecule has 2 aromatic rings. The number of carbonyl (C=O) groups is 2. The molecule has 0 bridgehead atoms.